The van der Waals surface area contributed by atoms with Crippen molar-refractivity contribution >= 4 is 23.4 Å². The molecule has 2 nitrogen and oxygen atoms in total. The molecule has 1 N–H and O–H groups in total. The van der Waals surface area contributed by atoms with Gasteiger partial charge >= 0.3 is 0 Å². The van der Waals surface area contributed by atoms with Gasteiger partial charge in [-0.15, -0.1) is 0 Å². The first kappa shape index (κ1) is 11.1. The molecule has 14 heavy (non-hydrogen) atoms. The molecular formula is C11H15NOS. The van der Waals surface area contributed by atoms with E-state index in [1.54, 1.807) is 11.8 Å². The molecular weight excluding hydrogens is 194 g/mol. The van der Waals surface area contributed by atoms with Crippen LogP contribution in [0.25, 0.3) is 0 Å². The van der Waals surface area contributed by atoms with Gasteiger partial charge in [0, 0.05) is 5.69 Å². The number of amides is 1. The van der Waals surface area contributed by atoms with Crippen molar-refractivity contribution in [1.82, 2.24) is 0 Å². The number of hydrogen-bond acceptors (Lipinski definition) is 2. The van der Waals surface area contributed by atoms with E-state index in [0.29, 0.717) is 0 Å². The van der Waals surface area contributed by atoms with E-state index >= 15 is 0 Å². The van der Waals surface area contributed by atoms with E-state index in [1.807, 2.05) is 44.4 Å². The van der Waals surface area contributed by atoms with E-state index in [9.17, 15) is 4.79 Å². The monoisotopic (exact) mass is 209 g/mol. The molecule has 0 aliphatic rings. The first-order valence-corrected chi connectivity index (χ1v) is 5.82. The standard InChI is InChI=1S/C11H15NOS/c1-8-4-6-10(7-5-8)12-11(13)9(2)14-3/h4-7,9H,1-3H3,(H,12,13). The molecule has 0 radical (unpaired) electrons. The third-order valence-corrected chi connectivity index (χ3v) is 2.96. The Morgan fingerprint density at radius 2 is 1.93 bits per heavy atom. The summed E-state index contributed by atoms with van der Waals surface area (Å²) < 4.78 is 0. The molecule has 0 aliphatic carbocycles. The number of carbonyl (C=O) groups excluding carboxylic acids is 1. The lowest BCUT2D eigenvalue weighted by Crippen LogP contribution is -2.21. The van der Waals surface area contributed by atoms with Crippen molar-refractivity contribution < 1.29 is 4.79 Å². The topological polar surface area (TPSA) is 29.1 Å². The Hall–Kier alpha value is -0.960. The summed E-state index contributed by atoms with van der Waals surface area (Å²) in [6.07, 6.45) is 1.93. The highest BCUT2D eigenvalue weighted by atomic mass is 32.2. The molecule has 0 saturated heterocycles. The van der Waals surface area contributed by atoms with Gasteiger partial charge in [0.25, 0.3) is 0 Å². The molecule has 76 valence electrons. The maximum Gasteiger partial charge on any atom is 0.237 e. The van der Waals surface area contributed by atoms with Gasteiger partial charge in [0.2, 0.25) is 5.91 Å². The van der Waals surface area contributed by atoms with Gasteiger partial charge in [-0.2, -0.15) is 11.8 Å². The SMILES string of the molecule is CSC(C)C(=O)Nc1ccc(C)cc1. The lowest BCUT2D eigenvalue weighted by atomic mass is 10.2. The highest BCUT2D eigenvalue weighted by Gasteiger charge is 2.10. The molecule has 0 aromatic heterocycles. The van der Waals surface area contributed by atoms with E-state index in [0.717, 1.165) is 5.69 Å². The van der Waals surface area contributed by atoms with Crippen molar-refractivity contribution in [2.75, 3.05) is 11.6 Å². The zero-order valence-electron chi connectivity index (χ0n) is 8.70. The van der Waals surface area contributed by atoms with Gasteiger partial charge < -0.3 is 5.32 Å². The van der Waals surface area contributed by atoms with Gasteiger partial charge in [-0.25, -0.2) is 0 Å². The largest absolute Gasteiger partial charge is 0.325 e. The van der Waals surface area contributed by atoms with Crippen LogP contribution in [0.2, 0.25) is 0 Å². The number of carbonyl (C=O) groups is 1. The first-order valence-electron chi connectivity index (χ1n) is 4.54. The number of hydrogen-bond donors (Lipinski definition) is 1. The molecule has 1 aromatic carbocycles. The number of aryl methyl sites for hydroxylation is 1. The van der Waals surface area contributed by atoms with E-state index in [1.165, 1.54) is 5.56 Å². The summed E-state index contributed by atoms with van der Waals surface area (Å²) in [6.45, 7) is 3.92. The van der Waals surface area contributed by atoms with E-state index in [2.05, 4.69) is 5.32 Å². The molecule has 1 unspecified atom stereocenters. The van der Waals surface area contributed by atoms with Crippen LogP contribution in [-0.2, 0) is 4.79 Å². The van der Waals surface area contributed by atoms with Crippen LogP contribution in [0.3, 0.4) is 0 Å². The minimum Gasteiger partial charge on any atom is -0.325 e. The van der Waals surface area contributed by atoms with Crippen LogP contribution in [0.5, 0.6) is 0 Å². The molecule has 0 aliphatic heterocycles. The van der Waals surface area contributed by atoms with Crippen LogP contribution in [0.1, 0.15) is 12.5 Å². The quantitative estimate of drug-likeness (QED) is 0.829. The Balaban J connectivity index is 2.60. The second kappa shape index (κ2) is 5.05. The molecule has 0 heterocycles. The molecule has 1 rings (SSSR count). The Morgan fingerprint density at radius 3 is 2.43 bits per heavy atom. The average Bonchev–Trinajstić information content (AvgIpc) is 2.20. The fourth-order valence-corrected chi connectivity index (χ4v) is 1.26. The number of thioether (sulfide) groups is 1. The predicted octanol–water partition coefficient (Wildman–Crippen LogP) is 2.69. The van der Waals surface area contributed by atoms with Crippen LogP contribution < -0.4 is 5.32 Å². The highest BCUT2D eigenvalue weighted by molar-refractivity contribution is 7.99. The lowest BCUT2D eigenvalue weighted by Gasteiger charge is -2.09. The van der Waals surface area contributed by atoms with Crippen LogP contribution in [-0.4, -0.2) is 17.4 Å². The fourth-order valence-electron chi connectivity index (χ4n) is 0.988. The van der Waals surface area contributed by atoms with E-state index in [-0.39, 0.29) is 11.2 Å². The lowest BCUT2D eigenvalue weighted by molar-refractivity contribution is -0.115. The Morgan fingerprint density at radius 1 is 1.36 bits per heavy atom. The summed E-state index contributed by atoms with van der Waals surface area (Å²) in [4.78, 5) is 11.5. The van der Waals surface area contributed by atoms with Gasteiger partial charge in [-0.3, -0.25) is 4.79 Å². The van der Waals surface area contributed by atoms with Gasteiger partial charge in [0.05, 0.1) is 5.25 Å². The molecule has 0 spiro atoms. The fraction of sp³-hybridized carbons (Fsp3) is 0.364. The van der Waals surface area contributed by atoms with Gasteiger partial charge in [-0.1, -0.05) is 17.7 Å². The number of nitrogens with one attached hydrogen (secondary N) is 1. The zero-order chi connectivity index (χ0) is 10.6. The Kier molecular flexibility index (Phi) is 4.01. The van der Waals surface area contributed by atoms with Crippen LogP contribution in [0.15, 0.2) is 24.3 Å². The summed E-state index contributed by atoms with van der Waals surface area (Å²) in [6, 6.07) is 7.80. The average molecular weight is 209 g/mol. The van der Waals surface area contributed by atoms with Crippen LogP contribution in [0.4, 0.5) is 5.69 Å². The number of anilines is 1. The number of benzene rings is 1. The van der Waals surface area contributed by atoms with Crippen molar-refractivity contribution in [1.29, 1.82) is 0 Å². The Bertz CT molecular complexity index is 308. The normalized spacial score (nSPS) is 12.2. The van der Waals surface area contributed by atoms with Gasteiger partial charge in [-0.05, 0) is 32.2 Å². The smallest absolute Gasteiger partial charge is 0.237 e. The first-order chi connectivity index (χ1) is 6.63. The predicted molar refractivity (Wildman–Crippen MR) is 62.8 cm³/mol. The summed E-state index contributed by atoms with van der Waals surface area (Å²) in [5.41, 5.74) is 2.06. The second-order valence-corrected chi connectivity index (χ2v) is 4.41. The van der Waals surface area contributed by atoms with Gasteiger partial charge in [0.1, 0.15) is 0 Å². The van der Waals surface area contributed by atoms with Crippen molar-refractivity contribution in [3.05, 3.63) is 29.8 Å². The Labute approximate surface area is 89.1 Å². The molecule has 1 atom stereocenters. The second-order valence-electron chi connectivity index (χ2n) is 3.23. The van der Waals surface area contributed by atoms with E-state index in [4.69, 9.17) is 0 Å². The van der Waals surface area contributed by atoms with Crippen molar-refractivity contribution in [3.63, 3.8) is 0 Å². The van der Waals surface area contributed by atoms with Crippen molar-refractivity contribution in [2.24, 2.45) is 0 Å². The van der Waals surface area contributed by atoms with Crippen LogP contribution >= 0.6 is 11.8 Å². The molecule has 1 aromatic rings. The van der Waals surface area contributed by atoms with Crippen molar-refractivity contribution in [3.8, 4) is 0 Å². The van der Waals surface area contributed by atoms with Crippen molar-refractivity contribution in [2.45, 2.75) is 19.1 Å². The third-order valence-electron chi connectivity index (χ3n) is 2.04. The van der Waals surface area contributed by atoms with E-state index < -0.39 is 0 Å². The summed E-state index contributed by atoms with van der Waals surface area (Å²) in [5.74, 6) is 0.0568. The minimum atomic E-state index is -0.00342. The summed E-state index contributed by atoms with van der Waals surface area (Å²) in [7, 11) is 0. The maximum absolute atomic E-state index is 11.5. The summed E-state index contributed by atoms with van der Waals surface area (Å²) >= 11 is 1.54. The van der Waals surface area contributed by atoms with Gasteiger partial charge in [0.15, 0.2) is 0 Å². The number of rotatable bonds is 3. The molecule has 1 amide bonds. The highest BCUT2D eigenvalue weighted by Crippen LogP contribution is 2.12. The molecule has 0 bridgehead atoms. The molecule has 0 saturated carbocycles. The third kappa shape index (κ3) is 3.07. The zero-order valence-corrected chi connectivity index (χ0v) is 9.52. The maximum atomic E-state index is 11.5. The van der Waals surface area contributed by atoms with Crippen LogP contribution in [0, 0.1) is 6.92 Å². The summed E-state index contributed by atoms with van der Waals surface area (Å²) in [5, 5.41) is 2.86. The molecule has 0 fully saturated rings. The minimum absolute atomic E-state index is 0.00342. The molecule has 3 heteroatoms.